The molecule has 1 heterocycles. The largest absolute Gasteiger partial charge is 0.368 e. The first kappa shape index (κ1) is 9.70. The number of nitrogens with zero attached hydrogens (tertiary/aromatic N) is 2. The molecule has 1 aromatic rings. The lowest BCUT2D eigenvalue weighted by molar-refractivity contribution is -0.118. The van der Waals surface area contributed by atoms with Gasteiger partial charge < -0.3 is 5.73 Å². The number of aromatic nitrogens is 2. The van der Waals surface area contributed by atoms with Crippen molar-refractivity contribution in [3.8, 4) is 0 Å². The highest BCUT2D eigenvalue weighted by Gasteiger charge is 2.13. The highest BCUT2D eigenvalue weighted by molar-refractivity contribution is 5.73. The van der Waals surface area contributed by atoms with Crippen molar-refractivity contribution < 1.29 is 9.18 Å². The van der Waals surface area contributed by atoms with Crippen LogP contribution in [0.2, 0.25) is 0 Å². The molecule has 0 radical (unpaired) electrons. The van der Waals surface area contributed by atoms with Gasteiger partial charge in [0.25, 0.3) is 0 Å². The summed E-state index contributed by atoms with van der Waals surface area (Å²) in [7, 11) is 0. The van der Waals surface area contributed by atoms with Crippen LogP contribution in [-0.4, -0.2) is 15.7 Å². The number of primary amides is 1. The van der Waals surface area contributed by atoms with Gasteiger partial charge in [0.1, 0.15) is 6.54 Å². The van der Waals surface area contributed by atoms with Crippen molar-refractivity contribution in [2.24, 2.45) is 5.73 Å². The van der Waals surface area contributed by atoms with Crippen molar-refractivity contribution in [3.05, 3.63) is 17.2 Å². The fourth-order valence-corrected chi connectivity index (χ4v) is 1.22. The predicted octanol–water partition coefficient (Wildman–Crippen LogP) is 0.378. The minimum Gasteiger partial charge on any atom is -0.368 e. The second-order valence-corrected chi connectivity index (χ2v) is 2.82. The Labute approximate surface area is 75.5 Å². The van der Waals surface area contributed by atoms with E-state index in [1.807, 2.05) is 0 Å². The Kier molecular flexibility index (Phi) is 2.65. The minimum atomic E-state index is -0.516. The smallest absolute Gasteiger partial charge is 0.239 e. The number of rotatable bonds is 3. The average molecular weight is 185 g/mol. The van der Waals surface area contributed by atoms with Gasteiger partial charge in [-0.2, -0.15) is 5.10 Å². The van der Waals surface area contributed by atoms with E-state index in [2.05, 4.69) is 5.10 Å². The predicted molar refractivity (Wildman–Crippen MR) is 45.5 cm³/mol. The van der Waals surface area contributed by atoms with E-state index in [1.165, 1.54) is 4.68 Å². The lowest BCUT2D eigenvalue weighted by Crippen LogP contribution is -2.21. The maximum Gasteiger partial charge on any atom is 0.239 e. The molecule has 1 rings (SSSR count). The van der Waals surface area contributed by atoms with Crippen LogP contribution >= 0.6 is 0 Å². The van der Waals surface area contributed by atoms with Gasteiger partial charge >= 0.3 is 0 Å². The van der Waals surface area contributed by atoms with E-state index in [1.54, 1.807) is 13.8 Å². The van der Waals surface area contributed by atoms with Gasteiger partial charge in [-0.1, -0.05) is 6.92 Å². The van der Waals surface area contributed by atoms with Crippen LogP contribution < -0.4 is 5.73 Å². The molecule has 0 aliphatic heterocycles. The van der Waals surface area contributed by atoms with E-state index >= 15 is 0 Å². The molecule has 0 unspecified atom stereocenters. The van der Waals surface area contributed by atoms with Gasteiger partial charge in [-0.25, -0.2) is 4.39 Å². The fraction of sp³-hybridized carbons (Fsp3) is 0.500. The van der Waals surface area contributed by atoms with Crippen molar-refractivity contribution in [2.45, 2.75) is 26.8 Å². The first-order valence-corrected chi connectivity index (χ1v) is 4.06. The molecule has 0 aromatic carbocycles. The van der Waals surface area contributed by atoms with E-state index in [4.69, 9.17) is 5.73 Å². The Morgan fingerprint density at radius 2 is 2.31 bits per heavy atom. The van der Waals surface area contributed by atoms with Crippen LogP contribution in [0.4, 0.5) is 4.39 Å². The quantitative estimate of drug-likeness (QED) is 0.739. The third-order valence-corrected chi connectivity index (χ3v) is 1.79. The van der Waals surface area contributed by atoms with E-state index in [0.717, 1.165) is 0 Å². The third-order valence-electron chi connectivity index (χ3n) is 1.79. The number of carbonyl (C=O) groups excluding carboxylic acids is 1. The van der Waals surface area contributed by atoms with Gasteiger partial charge in [-0.15, -0.1) is 0 Å². The summed E-state index contributed by atoms with van der Waals surface area (Å²) in [6, 6.07) is 0. The molecule has 0 saturated carbocycles. The van der Waals surface area contributed by atoms with Gasteiger partial charge in [-0.05, 0) is 13.3 Å². The van der Waals surface area contributed by atoms with Crippen LogP contribution in [-0.2, 0) is 17.8 Å². The second-order valence-electron chi connectivity index (χ2n) is 2.82. The Balaban J connectivity index is 3.06. The molecular weight excluding hydrogens is 173 g/mol. The fourth-order valence-electron chi connectivity index (χ4n) is 1.22. The zero-order valence-electron chi connectivity index (χ0n) is 7.67. The molecule has 0 saturated heterocycles. The maximum atomic E-state index is 13.2. The summed E-state index contributed by atoms with van der Waals surface area (Å²) < 4.78 is 14.5. The van der Waals surface area contributed by atoms with E-state index in [0.29, 0.717) is 17.8 Å². The molecule has 13 heavy (non-hydrogen) atoms. The van der Waals surface area contributed by atoms with Crippen molar-refractivity contribution in [2.75, 3.05) is 0 Å². The summed E-state index contributed by atoms with van der Waals surface area (Å²) in [5, 5.41) is 3.86. The SMILES string of the molecule is CCc1c(F)c(C)nn1CC(N)=O. The van der Waals surface area contributed by atoms with Gasteiger partial charge in [0.2, 0.25) is 5.91 Å². The van der Waals surface area contributed by atoms with Crippen molar-refractivity contribution in [1.82, 2.24) is 9.78 Å². The van der Waals surface area contributed by atoms with Crippen molar-refractivity contribution >= 4 is 5.91 Å². The normalized spacial score (nSPS) is 10.4. The molecule has 0 fully saturated rings. The molecule has 0 aliphatic carbocycles. The molecule has 0 aliphatic rings. The maximum absolute atomic E-state index is 13.2. The zero-order chi connectivity index (χ0) is 10.0. The second kappa shape index (κ2) is 3.55. The Hall–Kier alpha value is -1.39. The summed E-state index contributed by atoms with van der Waals surface area (Å²) in [6.45, 7) is 3.30. The lowest BCUT2D eigenvalue weighted by Gasteiger charge is -2.01. The monoisotopic (exact) mass is 185 g/mol. The summed E-state index contributed by atoms with van der Waals surface area (Å²) >= 11 is 0. The minimum absolute atomic E-state index is 0.0616. The number of hydrogen-bond acceptors (Lipinski definition) is 2. The molecular formula is C8H12FN3O. The summed E-state index contributed by atoms with van der Waals surface area (Å²) in [5.41, 5.74) is 5.72. The molecule has 0 spiro atoms. The van der Waals surface area contributed by atoms with Gasteiger partial charge in [0.15, 0.2) is 5.82 Å². The first-order chi connectivity index (χ1) is 6.06. The number of halogens is 1. The van der Waals surface area contributed by atoms with Gasteiger partial charge in [0, 0.05) is 0 Å². The van der Waals surface area contributed by atoms with Crippen LogP contribution in [0.3, 0.4) is 0 Å². The van der Waals surface area contributed by atoms with Crippen molar-refractivity contribution in [3.63, 3.8) is 0 Å². The van der Waals surface area contributed by atoms with Gasteiger partial charge in [0.05, 0.1) is 11.4 Å². The molecule has 1 aromatic heterocycles. The summed E-state index contributed by atoms with van der Waals surface area (Å²) in [4.78, 5) is 10.6. The molecule has 0 bridgehead atoms. The molecule has 0 atom stereocenters. The number of amides is 1. The Bertz CT molecular complexity index is 332. The third kappa shape index (κ3) is 1.85. The number of aryl methyl sites for hydroxylation is 1. The topological polar surface area (TPSA) is 60.9 Å². The highest BCUT2D eigenvalue weighted by Crippen LogP contribution is 2.11. The van der Waals surface area contributed by atoms with E-state index in [-0.39, 0.29) is 12.4 Å². The van der Waals surface area contributed by atoms with Crippen LogP contribution in [0, 0.1) is 12.7 Å². The molecule has 2 N–H and O–H groups in total. The number of nitrogens with two attached hydrogens (primary N) is 1. The standard InChI is InChI=1S/C8H12FN3O/c1-3-6-8(9)5(2)11-12(6)4-7(10)13/h3-4H2,1-2H3,(H2,10,13). The number of carbonyl (C=O) groups is 1. The van der Waals surface area contributed by atoms with E-state index < -0.39 is 5.91 Å². The first-order valence-electron chi connectivity index (χ1n) is 4.06. The van der Waals surface area contributed by atoms with Crippen molar-refractivity contribution in [1.29, 1.82) is 0 Å². The Morgan fingerprint density at radius 1 is 1.69 bits per heavy atom. The molecule has 1 amide bonds. The summed E-state index contributed by atoms with van der Waals surface area (Å²) in [6.07, 6.45) is 0.500. The van der Waals surface area contributed by atoms with Crippen LogP contribution in [0.5, 0.6) is 0 Å². The summed E-state index contributed by atoms with van der Waals surface area (Å²) in [5.74, 6) is -0.860. The molecule has 4 nitrogen and oxygen atoms in total. The molecule has 72 valence electrons. The van der Waals surface area contributed by atoms with Gasteiger partial charge in [-0.3, -0.25) is 9.48 Å². The lowest BCUT2D eigenvalue weighted by atomic mass is 10.3. The Morgan fingerprint density at radius 3 is 2.77 bits per heavy atom. The zero-order valence-corrected chi connectivity index (χ0v) is 7.67. The van der Waals surface area contributed by atoms with E-state index in [9.17, 15) is 9.18 Å². The van der Waals surface area contributed by atoms with Crippen LogP contribution in [0.15, 0.2) is 0 Å². The number of hydrogen-bond donors (Lipinski definition) is 1. The highest BCUT2D eigenvalue weighted by atomic mass is 19.1. The average Bonchev–Trinajstić information content (AvgIpc) is 2.27. The van der Waals surface area contributed by atoms with Crippen LogP contribution in [0.1, 0.15) is 18.3 Å². The van der Waals surface area contributed by atoms with Crippen LogP contribution in [0.25, 0.3) is 0 Å². The molecule has 5 heteroatoms.